The molecule has 2 aromatic carbocycles. The summed E-state index contributed by atoms with van der Waals surface area (Å²) < 4.78 is 26.8. The third kappa shape index (κ3) is 3.95. The zero-order chi connectivity index (χ0) is 17.9. The van der Waals surface area contributed by atoms with Crippen LogP contribution >= 0.6 is 0 Å². The predicted molar refractivity (Wildman–Crippen MR) is 87.9 cm³/mol. The van der Waals surface area contributed by atoms with Gasteiger partial charge in [0.1, 0.15) is 11.6 Å². The molecule has 2 aromatic rings. The lowest BCUT2D eigenvalue weighted by Crippen LogP contribution is -2.35. The van der Waals surface area contributed by atoms with Crippen LogP contribution in [0.25, 0.3) is 0 Å². The van der Waals surface area contributed by atoms with Crippen LogP contribution < -0.4 is 5.32 Å². The largest absolute Gasteiger partial charge is 0.332 e. The number of nitrogens with one attached hydrogen (secondary N) is 1. The summed E-state index contributed by atoms with van der Waals surface area (Å²) in [6, 6.07) is 8.23. The Bertz CT molecular complexity index is 770. The molecule has 0 bridgehead atoms. The van der Waals surface area contributed by atoms with Crippen molar-refractivity contribution in [3.05, 3.63) is 64.7 Å². The van der Waals surface area contributed by atoms with Gasteiger partial charge in [-0.05, 0) is 43.2 Å². The molecule has 24 heavy (non-hydrogen) atoms. The summed E-state index contributed by atoms with van der Waals surface area (Å²) in [5.41, 5.74) is 2.07. The van der Waals surface area contributed by atoms with Gasteiger partial charge >= 0.3 is 0 Å². The third-order valence-electron chi connectivity index (χ3n) is 3.63. The van der Waals surface area contributed by atoms with Crippen LogP contribution in [0.2, 0.25) is 0 Å². The van der Waals surface area contributed by atoms with E-state index >= 15 is 0 Å². The monoisotopic (exact) mass is 332 g/mol. The van der Waals surface area contributed by atoms with Crippen molar-refractivity contribution in [3.8, 4) is 0 Å². The smallest absolute Gasteiger partial charge is 0.257 e. The molecule has 0 spiro atoms. The molecule has 0 fully saturated rings. The van der Waals surface area contributed by atoms with Gasteiger partial charge in [-0.3, -0.25) is 9.59 Å². The van der Waals surface area contributed by atoms with Crippen LogP contribution in [0, 0.1) is 25.5 Å². The number of amides is 2. The lowest BCUT2D eigenvalue weighted by Gasteiger charge is -2.18. The topological polar surface area (TPSA) is 49.4 Å². The van der Waals surface area contributed by atoms with E-state index in [2.05, 4.69) is 5.32 Å². The average Bonchev–Trinajstić information content (AvgIpc) is 2.52. The second-order valence-electron chi connectivity index (χ2n) is 5.60. The number of likely N-dealkylation sites (N-methyl/N-ethyl adjacent to an activating group) is 1. The first-order valence-corrected chi connectivity index (χ1v) is 7.36. The number of aryl methyl sites for hydroxylation is 2. The molecule has 0 radical (unpaired) electrons. The molecule has 6 heteroatoms. The third-order valence-corrected chi connectivity index (χ3v) is 3.63. The van der Waals surface area contributed by atoms with Gasteiger partial charge in [0.05, 0.1) is 12.1 Å². The number of halogens is 2. The van der Waals surface area contributed by atoms with E-state index in [-0.39, 0.29) is 6.54 Å². The van der Waals surface area contributed by atoms with Gasteiger partial charge in [-0.15, -0.1) is 0 Å². The van der Waals surface area contributed by atoms with Crippen LogP contribution in [-0.4, -0.2) is 30.3 Å². The SMILES string of the molecule is Cc1cccc(C)c1NC(=O)CN(C)C(=O)c1cc(F)ccc1F. The molecule has 0 saturated heterocycles. The Morgan fingerprint density at radius 1 is 1.08 bits per heavy atom. The maximum absolute atomic E-state index is 13.7. The number of hydrogen-bond acceptors (Lipinski definition) is 2. The lowest BCUT2D eigenvalue weighted by atomic mass is 10.1. The van der Waals surface area contributed by atoms with Gasteiger partial charge in [-0.25, -0.2) is 8.78 Å². The summed E-state index contributed by atoms with van der Waals surface area (Å²) in [4.78, 5) is 25.4. The highest BCUT2D eigenvalue weighted by Crippen LogP contribution is 2.19. The first-order chi connectivity index (χ1) is 11.3. The maximum Gasteiger partial charge on any atom is 0.257 e. The number of carbonyl (C=O) groups is 2. The lowest BCUT2D eigenvalue weighted by molar-refractivity contribution is -0.116. The highest BCUT2D eigenvalue weighted by Gasteiger charge is 2.19. The number of benzene rings is 2. The summed E-state index contributed by atoms with van der Waals surface area (Å²) in [5.74, 6) is -2.72. The summed E-state index contributed by atoms with van der Waals surface area (Å²) in [7, 11) is 1.36. The number of rotatable bonds is 4. The van der Waals surface area contributed by atoms with Gasteiger partial charge in [0.15, 0.2) is 0 Å². The van der Waals surface area contributed by atoms with Crippen LogP contribution in [0.3, 0.4) is 0 Å². The van der Waals surface area contributed by atoms with Crippen molar-refractivity contribution >= 4 is 17.5 Å². The molecule has 0 aromatic heterocycles. The van der Waals surface area contributed by atoms with Crippen molar-refractivity contribution in [2.75, 3.05) is 18.9 Å². The van der Waals surface area contributed by atoms with E-state index < -0.39 is 29.0 Å². The molecule has 0 atom stereocenters. The van der Waals surface area contributed by atoms with E-state index in [1.54, 1.807) is 0 Å². The maximum atomic E-state index is 13.7. The number of hydrogen-bond donors (Lipinski definition) is 1. The molecule has 0 aliphatic heterocycles. The highest BCUT2D eigenvalue weighted by atomic mass is 19.1. The minimum absolute atomic E-state index is 0.275. The molecule has 126 valence electrons. The van der Waals surface area contributed by atoms with Crippen molar-refractivity contribution in [1.82, 2.24) is 4.90 Å². The molecule has 0 aliphatic carbocycles. The molecular formula is C18H18F2N2O2. The van der Waals surface area contributed by atoms with Gasteiger partial charge in [-0.2, -0.15) is 0 Å². The first kappa shape index (κ1) is 17.6. The van der Waals surface area contributed by atoms with Crippen LogP contribution in [-0.2, 0) is 4.79 Å². The Labute approximate surface area is 139 Å². The zero-order valence-corrected chi connectivity index (χ0v) is 13.7. The quantitative estimate of drug-likeness (QED) is 0.934. The fourth-order valence-corrected chi connectivity index (χ4v) is 2.34. The molecule has 0 aliphatic rings. The minimum Gasteiger partial charge on any atom is -0.332 e. The van der Waals surface area contributed by atoms with Gasteiger partial charge in [0.2, 0.25) is 5.91 Å². The normalized spacial score (nSPS) is 10.4. The summed E-state index contributed by atoms with van der Waals surface area (Å²) in [6.07, 6.45) is 0. The molecule has 2 rings (SSSR count). The van der Waals surface area contributed by atoms with Gasteiger partial charge in [0, 0.05) is 12.7 Å². The molecule has 0 unspecified atom stereocenters. The van der Waals surface area contributed by atoms with Crippen LogP contribution in [0.5, 0.6) is 0 Å². The minimum atomic E-state index is -0.830. The van der Waals surface area contributed by atoms with E-state index in [0.29, 0.717) is 5.69 Å². The Morgan fingerprint density at radius 2 is 1.71 bits per heavy atom. The Kier molecular flexibility index (Phi) is 5.28. The molecule has 1 N–H and O–H groups in total. The van der Waals surface area contributed by atoms with Crippen molar-refractivity contribution in [1.29, 1.82) is 0 Å². The molecule has 4 nitrogen and oxygen atoms in total. The van der Waals surface area contributed by atoms with Gasteiger partial charge < -0.3 is 10.2 Å². The standard InChI is InChI=1S/C18H18F2N2O2/c1-11-5-4-6-12(2)17(11)21-16(23)10-22(3)18(24)14-9-13(19)7-8-15(14)20/h4-9H,10H2,1-3H3,(H,21,23). The molecular weight excluding hydrogens is 314 g/mol. The number of para-hydroxylation sites is 1. The van der Waals surface area contributed by atoms with Crippen LogP contribution in [0.4, 0.5) is 14.5 Å². The average molecular weight is 332 g/mol. The van der Waals surface area contributed by atoms with E-state index in [4.69, 9.17) is 0 Å². The predicted octanol–water partition coefficient (Wildman–Crippen LogP) is 3.29. The summed E-state index contributed by atoms with van der Waals surface area (Å²) in [5, 5.41) is 2.74. The van der Waals surface area contributed by atoms with Crippen LogP contribution in [0.15, 0.2) is 36.4 Å². The molecule has 2 amide bonds. The van der Waals surface area contributed by atoms with Crippen molar-refractivity contribution in [2.24, 2.45) is 0 Å². The van der Waals surface area contributed by atoms with Gasteiger partial charge in [0.25, 0.3) is 5.91 Å². The van der Waals surface area contributed by atoms with Crippen LogP contribution in [0.1, 0.15) is 21.5 Å². The second kappa shape index (κ2) is 7.21. The molecule has 0 saturated carbocycles. The fraction of sp³-hybridized carbons (Fsp3) is 0.222. The van der Waals surface area contributed by atoms with Crippen molar-refractivity contribution < 1.29 is 18.4 Å². The van der Waals surface area contributed by atoms with E-state index in [1.807, 2.05) is 32.0 Å². The molecule has 0 heterocycles. The fourth-order valence-electron chi connectivity index (χ4n) is 2.34. The number of nitrogens with zero attached hydrogens (tertiary/aromatic N) is 1. The summed E-state index contributed by atoms with van der Waals surface area (Å²) >= 11 is 0. The summed E-state index contributed by atoms with van der Waals surface area (Å²) in [6.45, 7) is 3.45. The number of carbonyl (C=O) groups excluding carboxylic acids is 2. The van der Waals surface area contributed by atoms with Crippen molar-refractivity contribution in [3.63, 3.8) is 0 Å². The van der Waals surface area contributed by atoms with Gasteiger partial charge in [-0.1, -0.05) is 18.2 Å². The highest BCUT2D eigenvalue weighted by molar-refractivity contribution is 5.99. The Morgan fingerprint density at radius 3 is 2.33 bits per heavy atom. The number of anilines is 1. The zero-order valence-electron chi connectivity index (χ0n) is 13.7. The first-order valence-electron chi connectivity index (χ1n) is 7.36. The van der Waals surface area contributed by atoms with E-state index in [9.17, 15) is 18.4 Å². The van der Waals surface area contributed by atoms with E-state index in [0.717, 1.165) is 34.2 Å². The second-order valence-corrected chi connectivity index (χ2v) is 5.60. The Balaban J connectivity index is 2.08. The van der Waals surface area contributed by atoms with E-state index in [1.165, 1.54) is 7.05 Å². The Hall–Kier alpha value is -2.76. The van der Waals surface area contributed by atoms with Crippen molar-refractivity contribution in [2.45, 2.75) is 13.8 Å².